The van der Waals surface area contributed by atoms with Crippen LogP contribution in [-0.4, -0.2) is 32.5 Å². The first kappa shape index (κ1) is 17.0. The van der Waals surface area contributed by atoms with Crippen molar-refractivity contribution in [1.29, 1.82) is 0 Å². The number of benzene rings is 2. The van der Waals surface area contributed by atoms with Gasteiger partial charge in [0.2, 0.25) is 10.0 Å². The third-order valence-corrected chi connectivity index (χ3v) is 7.36. The quantitative estimate of drug-likeness (QED) is 0.810. The Balaban J connectivity index is 1.53. The Morgan fingerprint density at radius 2 is 1.85 bits per heavy atom. The first-order valence-electron chi connectivity index (χ1n) is 9.24. The summed E-state index contributed by atoms with van der Waals surface area (Å²) in [7, 11) is -3.60. The maximum Gasteiger partial charge on any atom is 0.243 e. The molecule has 3 aliphatic rings. The third kappa shape index (κ3) is 2.81. The van der Waals surface area contributed by atoms with Gasteiger partial charge in [-0.05, 0) is 42.2 Å². The largest absolute Gasteiger partial charge is 0.486 e. The Morgan fingerprint density at radius 3 is 2.78 bits per heavy atom. The van der Waals surface area contributed by atoms with Gasteiger partial charge < -0.3 is 14.2 Å². The van der Waals surface area contributed by atoms with E-state index in [1.54, 1.807) is 16.4 Å². The Bertz CT molecular complexity index is 988. The van der Waals surface area contributed by atoms with E-state index in [0.717, 1.165) is 29.5 Å². The molecular weight excluding hydrogens is 366 g/mol. The van der Waals surface area contributed by atoms with Crippen molar-refractivity contribution in [2.45, 2.75) is 37.0 Å². The van der Waals surface area contributed by atoms with Gasteiger partial charge in [-0.25, -0.2) is 8.42 Å². The van der Waals surface area contributed by atoms with Crippen molar-refractivity contribution in [2.24, 2.45) is 0 Å². The summed E-state index contributed by atoms with van der Waals surface area (Å²) in [5.74, 6) is 1.37. The molecule has 0 bridgehead atoms. The van der Waals surface area contributed by atoms with E-state index in [1.165, 1.54) is 0 Å². The molecule has 2 aromatic rings. The van der Waals surface area contributed by atoms with E-state index in [4.69, 9.17) is 14.2 Å². The van der Waals surface area contributed by atoms with Crippen LogP contribution in [-0.2, 0) is 28.0 Å². The van der Waals surface area contributed by atoms with Crippen LogP contribution in [0, 0.1) is 0 Å². The van der Waals surface area contributed by atoms with E-state index < -0.39 is 10.0 Å². The lowest BCUT2D eigenvalue weighted by molar-refractivity contribution is 0.134. The summed E-state index contributed by atoms with van der Waals surface area (Å²) in [4.78, 5) is 0.334. The minimum Gasteiger partial charge on any atom is -0.486 e. The Hall–Kier alpha value is -2.09. The van der Waals surface area contributed by atoms with Crippen molar-refractivity contribution in [2.75, 3.05) is 19.8 Å². The number of hydrogen-bond donors (Lipinski definition) is 0. The summed E-state index contributed by atoms with van der Waals surface area (Å²) in [6, 6.07) is 10.8. The first-order valence-corrected chi connectivity index (χ1v) is 10.7. The van der Waals surface area contributed by atoms with Crippen molar-refractivity contribution in [1.82, 2.24) is 4.31 Å². The smallest absolute Gasteiger partial charge is 0.243 e. The molecule has 1 unspecified atom stereocenters. The van der Waals surface area contributed by atoms with Crippen molar-refractivity contribution >= 4 is 10.0 Å². The van der Waals surface area contributed by atoms with E-state index in [2.05, 4.69) is 0 Å². The Kier molecular flexibility index (Phi) is 4.11. The number of rotatable bonds is 3. The predicted molar refractivity (Wildman–Crippen MR) is 98.2 cm³/mol. The molecule has 1 saturated heterocycles. The molecule has 0 aliphatic carbocycles. The highest BCUT2D eigenvalue weighted by Gasteiger charge is 2.38. The van der Waals surface area contributed by atoms with Crippen molar-refractivity contribution < 1.29 is 22.6 Å². The number of fused-ring (bicyclic) bond motifs is 2. The van der Waals surface area contributed by atoms with Crippen LogP contribution in [0.3, 0.4) is 0 Å². The molecule has 3 heterocycles. The van der Waals surface area contributed by atoms with Crippen LogP contribution in [0.1, 0.15) is 35.6 Å². The molecule has 1 fully saturated rings. The van der Waals surface area contributed by atoms with Crippen molar-refractivity contribution in [3.05, 3.63) is 53.1 Å². The van der Waals surface area contributed by atoms with Crippen LogP contribution in [0.5, 0.6) is 11.5 Å². The molecule has 142 valence electrons. The number of nitrogens with zero attached hydrogens (tertiary/aromatic N) is 1. The molecule has 6 nitrogen and oxygen atoms in total. The molecule has 3 aliphatic heterocycles. The highest BCUT2D eigenvalue weighted by Crippen LogP contribution is 2.44. The van der Waals surface area contributed by atoms with E-state index in [-0.39, 0.29) is 6.04 Å². The van der Waals surface area contributed by atoms with Gasteiger partial charge >= 0.3 is 0 Å². The second kappa shape index (κ2) is 6.51. The Morgan fingerprint density at radius 1 is 1.00 bits per heavy atom. The average molecular weight is 387 g/mol. The van der Waals surface area contributed by atoms with Crippen LogP contribution < -0.4 is 9.47 Å². The van der Waals surface area contributed by atoms with Crippen LogP contribution in [0.15, 0.2) is 41.3 Å². The SMILES string of the molecule is O=S(=O)(c1ccc2c(c1)COC2)N1CCCC1c1cccc2c1OCCO2. The Labute approximate surface area is 158 Å². The molecule has 0 spiro atoms. The lowest BCUT2D eigenvalue weighted by atomic mass is 10.0. The van der Waals surface area contributed by atoms with Crippen LogP contribution >= 0.6 is 0 Å². The number of ether oxygens (including phenoxy) is 3. The van der Waals surface area contributed by atoms with Gasteiger partial charge in [-0.2, -0.15) is 4.31 Å². The van der Waals surface area contributed by atoms with Crippen molar-refractivity contribution in [3.63, 3.8) is 0 Å². The fourth-order valence-electron chi connectivity index (χ4n) is 4.14. The highest BCUT2D eigenvalue weighted by molar-refractivity contribution is 7.89. The van der Waals surface area contributed by atoms with Gasteiger partial charge in [0.05, 0.1) is 24.2 Å². The van der Waals surface area contributed by atoms with Crippen molar-refractivity contribution in [3.8, 4) is 11.5 Å². The fourth-order valence-corrected chi connectivity index (χ4v) is 5.87. The zero-order valence-electron chi connectivity index (χ0n) is 14.9. The molecule has 0 N–H and O–H groups in total. The zero-order chi connectivity index (χ0) is 18.4. The monoisotopic (exact) mass is 387 g/mol. The summed E-state index contributed by atoms with van der Waals surface area (Å²) in [5, 5.41) is 0. The summed E-state index contributed by atoms with van der Waals surface area (Å²) in [5.41, 5.74) is 2.91. The maximum atomic E-state index is 13.4. The van der Waals surface area contributed by atoms with Gasteiger partial charge in [0, 0.05) is 12.1 Å². The average Bonchev–Trinajstić information content (AvgIpc) is 3.36. The summed E-state index contributed by atoms with van der Waals surface area (Å²) < 4.78 is 45.3. The lowest BCUT2D eigenvalue weighted by Crippen LogP contribution is -2.31. The second-order valence-electron chi connectivity index (χ2n) is 7.07. The van der Waals surface area contributed by atoms with E-state index in [0.29, 0.717) is 49.4 Å². The second-order valence-corrected chi connectivity index (χ2v) is 8.96. The van der Waals surface area contributed by atoms with E-state index >= 15 is 0 Å². The number of hydrogen-bond acceptors (Lipinski definition) is 5. The van der Waals surface area contributed by atoms with Crippen LogP contribution in [0.25, 0.3) is 0 Å². The van der Waals surface area contributed by atoms with Gasteiger partial charge in [0.25, 0.3) is 0 Å². The van der Waals surface area contributed by atoms with Gasteiger partial charge in [0.15, 0.2) is 11.5 Å². The zero-order valence-corrected chi connectivity index (χ0v) is 15.7. The third-order valence-electron chi connectivity index (χ3n) is 5.46. The molecule has 1 atom stereocenters. The van der Waals surface area contributed by atoms with Gasteiger partial charge in [-0.15, -0.1) is 0 Å². The molecule has 2 aromatic carbocycles. The number of para-hydroxylation sites is 1. The molecule has 0 saturated carbocycles. The summed E-state index contributed by atoms with van der Waals surface area (Å²) in [6.07, 6.45) is 1.59. The minimum absolute atomic E-state index is 0.240. The van der Waals surface area contributed by atoms with Crippen LogP contribution in [0.2, 0.25) is 0 Å². The molecule has 5 rings (SSSR count). The molecule has 0 aromatic heterocycles. The minimum atomic E-state index is -3.60. The number of sulfonamides is 1. The van der Waals surface area contributed by atoms with E-state index in [1.807, 2.05) is 24.3 Å². The summed E-state index contributed by atoms with van der Waals surface area (Å²) in [6.45, 7) is 2.52. The molecule has 0 radical (unpaired) electrons. The maximum absolute atomic E-state index is 13.4. The first-order chi connectivity index (χ1) is 13.1. The summed E-state index contributed by atoms with van der Waals surface area (Å²) >= 11 is 0. The van der Waals surface area contributed by atoms with Crippen LogP contribution in [0.4, 0.5) is 0 Å². The molecular formula is C20H21NO5S. The standard InChI is InChI=1S/C20H21NO5S/c22-27(23,16-7-6-14-12-24-13-15(14)11-16)21-8-2-4-18(21)17-3-1-5-19-20(17)26-10-9-25-19/h1,3,5-7,11,18H,2,4,8-10,12-13H2. The predicted octanol–water partition coefficient (Wildman–Crippen LogP) is 3.01. The molecule has 7 heteroatoms. The van der Waals surface area contributed by atoms with Gasteiger partial charge in [-0.1, -0.05) is 18.2 Å². The highest BCUT2D eigenvalue weighted by atomic mass is 32.2. The normalized spacial score (nSPS) is 22.0. The lowest BCUT2D eigenvalue weighted by Gasteiger charge is -2.28. The van der Waals surface area contributed by atoms with Gasteiger partial charge in [-0.3, -0.25) is 0 Å². The molecule has 27 heavy (non-hydrogen) atoms. The fraction of sp³-hybridized carbons (Fsp3) is 0.400. The topological polar surface area (TPSA) is 65.1 Å². The van der Waals surface area contributed by atoms with Gasteiger partial charge in [0.1, 0.15) is 13.2 Å². The van der Waals surface area contributed by atoms with E-state index in [9.17, 15) is 8.42 Å². The molecule has 0 amide bonds.